The second-order valence-electron chi connectivity index (χ2n) is 5.91. The molecule has 1 N–H and O–H groups in total. The molecule has 2 aromatic rings. The smallest absolute Gasteiger partial charge is 0.253 e. The maximum atomic E-state index is 12.3. The van der Waals surface area contributed by atoms with E-state index in [2.05, 4.69) is 23.5 Å². The molecule has 114 valence electrons. The number of fused-ring (bicyclic) bond motifs is 1. The van der Waals surface area contributed by atoms with Crippen molar-refractivity contribution >= 4 is 17.5 Å². The SMILES string of the molecule is C[C@H](NC(=O)c1ccccc1Cl)c1ccc2c(c1)CCCC2. The Morgan fingerprint density at radius 2 is 1.82 bits per heavy atom. The van der Waals surface area contributed by atoms with E-state index in [4.69, 9.17) is 11.6 Å². The summed E-state index contributed by atoms with van der Waals surface area (Å²) in [5.74, 6) is -0.129. The van der Waals surface area contributed by atoms with Gasteiger partial charge in [-0.05, 0) is 61.4 Å². The maximum absolute atomic E-state index is 12.3. The monoisotopic (exact) mass is 313 g/mol. The molecule has 1 amide bonds. The van der Waals surface area contributed by atoms with Crippen LogP contribution in [-0.4, -0.2) is 5.91 Å². The Labute approximate surface area is 136 Å². The molecule has 0 saturated heterocycles. The van der Waals surface area contributed by atoms with Crippen molar-refractivity contribution in [2.45, 2.75) is 38.6 Å². The number of rotatable bonds is 3. The lowest BCUT2D eigenvalue weighted by Gasteiger charge is -2.20. The Hall–Kier alpha value is -1.80. The average Bonchev–Trinajstić information content (AvgIpc) is 2.54. The molecule has 2 aromatic carbocycles. The van der Waals surface area contributed by atoms with Gasteiger partial charge in [0.2, 0.25) is 0 Å². The first-order chi connectivity index (χ1) is 10.6. The molecule has 1 aliphatic rings. The van der Waals surface area contributed by atoms with Crippen molar-refractivity contribution in [2.75, 3.05) is 0 Å². The molecule has 0 aliphatic heterocycles. The van der Waals surface area contributed by atoms with E-state index in [0.29, 0.717) is 10.6 Å². The molecule has 0 radical (unpaired) electrons. The van der Waals surface area contributed by atoms with E-state index in [9.17, 15) is 4.79 Å². The summed E-state index contributed by atoms with van der Waals surface area (Å²) >= 11 is 6.08. The molecule has 1 atom stereocenters. The first-order valence-electron chi connectivity index (χ1n) is 7.82. The normalized spacial score (nSPS) is 15.0. The summed E-state index contributed by atoms with van der Waals surface area (Å²) in [6.07, 6.45) is 4.87. The summed E-state index contributed by atoms with van der Waals surface area (Å²) in [4.78, 5) is 12.3. The van der Waals surface area contributed by atoms with Crippen LogP contribution >= 0.6 is 11.6 Å². The summed E-state index contributed by atoms with van der Waals surface area (Å²) in [6.45, 7) is 2.01. The van der Waals surface area contributed by atoms with Gasteiger partial charge in [0.15, 0.2) is 0 Å². The van der Waals surface area contributed by atoms with E-state index in [0.717, 1.165) is 12.0 Å². The van der Waals surface area contributed by atoms with Crippen molar-refractivity contribution in [2.24, 2.45) is 0 Å². The van der Waals surface area contributed by atoms with Crippen LogP contribution in [0.5, 0.6) is 0 Å². The van der Waals surface area contributed by atoms with Crippen LogP contribution in [0.2, 0.25) is 5.02 Å². The fourth-order valence-electron chi connectivity index (χ4n) is 3.03. The van der Waals surface area contributed by atoms with Crippen LogP contribution in [0.4, 0.5) is 0 Å². The Kier molecular flexibility index (Phi) is 4.49. The van der Waals surface area contributed by atoms with Gasteiger partial charge in [-0.25, -0.2) is 0 Å². The minimum Gasteiger partial charge on any atom is -0.345 e. The van der Waals surface area contributed by atoms with E-state index >= 15 is 0 Å². The minimum atomic E-state index is -0.129. The lowest BCUT2D eigenvalue weighted by atomic mass is 9.89. The van der Waals surface area contributed by atoms with Crippen LogP contribution in [0.1, 0.15) is 52.9 Å². The Bertz CT molecular complexity index is 696. The molecule has 3 rings (SSSR count). The molecule has 0 aromatic heterocycles. The van der Waals surface area contributed by atoms with Gasteiger partial charge in [0.1, 0.15) is 0 Å². The highest BCUT2D eigenvalue weighted by molar-refractivity contribution is 6.33. The Morgan fingerprint density at radius 1 is 1.09 bits per heavy atom. The number of amides is 1. The number of aryl methyl sites for hydroxylation is 2. The van der Waals surface area contributed by atoms with Crippen molar-refractivity contribution < 1.29 is 4.79 Å². The molecule has 3 heteroatoms. The van der Waals surface area contributed by atoms with Crippen molar-refractivity contribution in [3.05, 3.63) is 69.7 Å². The summed E-state index contributed by atoms with van der Waals surface area (Å²) in [5.41, 5.74) is 4.57. The van der Waals surface area contributed by atoms with Gasteiger partial charge in [-0.15, -0.1) is 0 Å². The molecule has 0 fully saturated rings. The molecular weight excluding hydrogens is 294 g/mol. The number of hydrogen-bond acceptors (Lipinski definition) is 1. The van der Waals surface area contributed by atoms with Gasteiger partial charge in [-0.2, -0.15) is 0 Å². The first-order valence-corrected chi connectivity index (χ1v) is 8.20. The van der Waals surface area contributed by atoms with Crippen molar-refractivity contribution in [3.63, 3.8) is 0 Å². The van der Waals surface area contributed by atoms with E-state index in [1.54, 1.807) is 12.1 Å². The summed E-state index contributed by atoms with van der Waals surface area (Å²) in [5, 5.41) is 3.52. The standard InChI is InChI=1S/C19H20ClNO/c1-13(21-19(22)17-8-4-5-9-18(17)20)15-11-10-14-6-2-3-7-16(14)12-15/h4-5,8-13H,2-3,6-7H2,1H3,(H,21,22)/t13-/m0/s1. The summed E-state index contributed by atoms with van der Waals surface area (Å²) < 4.78 is 0. The van der Waals surface area contributed by atoms with Gasteiger partial charge in [-0.3, -0.25) is 4.79 Å². The van der Waals surface area contributed by atoms with Crippen LogP contribution in [-0.2, 0) is 12.8 Å². The lowest BCUT2D eigenvalue weighted by molar-refractivity contribution is 0.0940. The molecule has 0 bridgehead atoms. The third-order valence-electron chi connectivity index (χ3n) is 4.34. The molecule has 1 aliphatic carbocycles. The highest BCUT2D eigenvalue weighted by atomic mass is 35.5. The summed E-state index contributed by atoms with van der Waals surface area (Å²) in [6, 6.07) is 13.7. The van der Waals surface area contributed by atoms with E-state index in [1.165, 1.54) is 30.4 Å². The minimum absolute atomic E-state index is 0.0315. The highest BCUT2D eigenvalue weighted by Gasteiger charge is 2.16. The molecule has 2 nitrogen and oxygen atoms in total. The second kappa shape index (κ2) is 6.53. The Balaban J connectivity index is 1.76. The number of nitrogens with one attached hydrogen (secondary N) is 1. The van der Waals surface area contributed by atoms with Crippen LogP contribution in [0.15, 0.2) is 42.5 Å². The largest absolute Gasteiger partial charge is 0.345 e. The first kappa shape index (κ1) is 15.1. The number of hydrogen-bond donors (Lipinski definition) is 1. The molecule has 0 saturated carbocycles. The third kappa shape index (κ3) is 3.17. The number of benzene rings is 2. The summed E-state index contributed by atoms with van der Waals surface area (Å²) in [7, 11) is 0. The van der Waals surface area contributed by atoms with E-state index < -0.39 is 0 Å². The van der Waals surface area contributed by atoms with Crippen molar-refractivity contribution in [3.8, 4) is 0 Å². The van der Waals surface area contributed by atoms with Crippen molar-refractivity contribution in [1.29, 1.82) is 0 Å². The quantitative estimate of drug-likeness (QED) is 0.873. The lowest BCUT2D eigenvalue weighted by Crippen LogP contribution is -2.27. The Morgan fingerprint density at radius 3 is 2.59 bits per heavy atom. The van der Waals surface area contributed by atoms with Gasteiger partial charge in [0, 0.05) is 0 Å². The number of halogens is 1. The molecule has 22 heavy (non-hydrogen) atoms. The topological polar surface area (TPSA) is 29.1 Å². The molecular formula is C19H20ClNO. The highest BCUT2D eigenvalue weighted by Crippen LogP contribution is 2.25. The number of carbonyl (C=O) groups excluding carboxylic acids is 1. The van der Waals surface area contributed by atoms with Gasteiger partial charge >= 0.3 is 0 Å². The maximum Gasteiger partial charge on any atom is 0.253 e. The van der Waals surface area contributed by atoms with Gasteiger partial charge in [0.05, 0.1) is 16.6 Å². The van der Waals surface area contributed by atoms with Crippen LogP contribution in [0, 0.1) is 0 Å². The number of carbonyl (C=O) groups is 1. The third-order valence-corrected chi connectivity index (χ3v) is 4.67. The van der Waals surface area contributed by atoms with Gasteiger partial charge < -0.3 is 5.32 Å². The zero-order valence-corrected chi connectivity index (χ0v) is 13.5. The van der Waals surface area contributed by atoms with Crippen LogP contribution in [0.25, 0.3) is 0 Å². The fraction of sp³-hybridized carbons (Fsp3) is 0.316. The van der Waals surface area contributed by atoms with Crippen LogP contribution < -0.4 is 5.32 Å². The van der Waals surface area contributed by atoms with Crippen molar-refractivity contribution in [1.82, 2.24) is 5.32 Å². The van der Waals surface area contributed by atoms with E-state index in [-0.39, 0.29) is 11.9 Å². The fourth-order valence-corrected chi connectivity index (χ4v) is 3.25. The molecule has 0 spiro atoms. The molecule has 0 unspecified atom stereocenters. The molecule has 0 heterocycles. The van der Waals surface area contributed by atoms with Gasteiger partial charge in [0.25, 0.3) is 5.91 Å². The predicted octanol–water partition coefficient (Wildman–Crippen LogP) is 4.71. The second-order valence-corrected chi connectivity index (χ2v) is 6.32. The van der Waals surface area contributed by atoms with E-state index in [1.807, 2.05) is 19.1 Å². The zero-order chi connectivity index (χ0) is 15.5. The van der Waals surface area contributed by atoms with Crippen LogP contribution in [0.3, 0.4) is 0 Å². The zero-order valence-electron chi connectivity index (χ0n) is 12.7. The van der Waals surface area contributed by atoms with Gasteiger partial charge in [-0.1, -0.05) is 41.9 Å². The average molecular weight is 314 g/mol. The predicted molar refractivity (Wildman–Crippen MR) is 90.4 cm³/mol.